The van der Waals surface area contributed by atoms with Crippen LogP contribution in [0, 0.1) is 0 Å². The van der Waals surface area contributed by atoms with Crippen molar-refractivity contribution in [3.05, 3.63) is 122 Å². The van der Waals surface area contributed by atoms with Crippen LogP contribution in [-0.2, 0) is 28.6 Å². The maximum Gasteiger partial charge on any atom is 0.306 e. The van der Waals surface area contributed by atoms with Gasteiger partial charge >= 0.3 is 17.9 Å². The Bertz CT molecular complexity index is 1570. The summed E-state index contributed by atoms with van der Waals surface area (Å²) in [7, 11) is 0. The van der Waals surface area contributed by atoms with E-state index in [1.807, 2.05) is 0 Å². The average Bonchev–Trinajstić information content (AvgIpc) is 3.41. The molecule has 1 atom stereocenters. The molecule has 0 aliphatic heterocycles. The summed E-state index contributed by atoms with van der Waals surface area (Å²) in [5, 5.41) is 0. The molecule has 0 fully saturated rings. The zero-order chi connectivity index (χ0) is 54.3. The van der Waals surface area contributed by atoms with Crippen molar-refractivity contribution in [2.75, 3.05) is 13.2 Å². The first-order valence-corrected chi connectivity index (χ1v) is 31.0. The van der Waals surface area contributed by atoms with E-state index in [1.165, 1.54) is 109 Å². The largest absolute Gasteiger partial charge is 0.462 e. The molecule has 1 unspecified atom stereocenters. The molecule has 0 saturated carbocycles. The van der Waals surface area contributed by atoms with Crippen LogP contribution < -0.4 is 0 Å². The Kier molecular flexibility index (Phi) is 58.9. The van der Waals surface area contributed by atoms with Crippen LogP contribution in [0.4, 0.5) is 0 Å². The van der Waals surface area contributed by atoms with Crippen molar-refractivity contribution < 1.29 is 28.6 Å². The Hall–Kier alpha value is -4.19. The van der Waals surface area contributed by atoms with E-state index >= 15 is 0 Å². The maximum atomic E-state index is 12.9. The third-order valence-corrected chi connectivity index (χ3v) is 12.9. The van der Waals surface area contributed by atoms with Gasteiger partial charge < -0.3 is 14.2 Å². The van der Waals surface area contributed by atoms with Crippen molar-refractivity contribution in [1.82, 2.24) is 0 Å². The van der Waals surface area contributed by atoms with E-state index in [4.69, 9.17) is 14.2 Å². The standard InChI is InChI=1S/C69H114O6/c1-4-7-10-13-16-19-22-25-27-29-31-32-33-34-35-36-38-39-41-44-47-50-53-56-59-62-68(71)74-65-66(64-73-67(70)61-58-55-52-49-46-43-24-21-18-15-12-9-6-3)75-69(72)63-60-57-54-51-48-45-42-40-37-30-28-26-23-20-17-14-11-8-5-2/h8-9,11-12,17-18,20-22,25-26,28-29,31,37,40,43,45-46,48,66H,4-7,10,13-16,19,23-24,27,30,32-36,38-39,41-42,44,47,49-65H2,1-3H3/b11-8-,12-9-,20-17-,21-18-,25-22-,28-26-,31-29-,40-37-,46-43-,48-45-. The second-order valence-electron chi connectivity index (χ2n) is 20.2. The topological polar surface area (TPSA) is 78.9 Å². The summed E-state index contributed by atoms with van der Waals surface area (Å²) in [4.78, 5) is 38.2. The number of rotatable bonds is 55. The molecule has 0 N–H and O–H groups in total. The van der Waals surface area contributed by atoms with Crippen molar-refractivity contribution in [3.8, 4) is 0 Å². The molecule has 6 nitrogen and oxygen atoms in total. The molecule has 75 heavy (non-hydrogen) atoms. The molecular weight excluding hydrogens is 925 g/mol. The molecule has 0 saturated heterocycles. The number of allylic oxidation sites excluding steroid dienone is 20. The summed E-state index contributed by atoms with van der Waals surface area (Å²) in [5.74, 6) is -0.966. The fourth-order valence-electron chi connectivity index (χ4n) is 8.34. The van der Waals surface area contributed by atoms with E-state index in [0.717, 1.165) is 128 Å². The average molecular weight is 1040 g/mol. The summed E-state index contributed by atoms with van der Waals surface area (Å²) in [6, 6.07) is 0. The van der Waals surface area contributed by atoms with Crippen LogP contribution in [0.3, 0.4) is 0 Å². The Morgan fingerprint density at radius 3 is 0.827 bits per heavy atom. The number of hydrogen-bond acceptors (Lipinski definition) is 6. The van der Waals surface area contributed by atoms with Gasteiger partial charge in [-0.25, -0.2) is 0 Å². The molecule has 0 radical (unpaired) electrons. The van der Waals surface area contributed by atoms with Crippen LogP contribution in [0.25, 0.3) is 0 Å². The van der Waals surface area contributed by atoms with Gasteiger partial charge in [0.1, 0.15) is 13.2 Å². The SMILES string of the molecule is CC/C=C\C/C=C\C/C=C\C/C=C\C/C=C\CCCCCC(=O)OC(COC(=O)CCCCC/C=C\C/C=C\C/C=C\CC)COC(=O)CCCCCCCCCCCCCCC/C=C\C/C=C\CCCCCCC. The van der Waals surface area contributed by atoms with Crippen molar-refractivity contribution in [2.24, 2.45) is 0 Å². The van der Waals surface area contributed by atoms with E-state index in [0.29, 0.717) is 12.8 Å². The molecule has 0 aliphatic carbocycles. The third-order valence-electron chi connectivity index (χ3n) is 12.9. The molecule has 0 aromatic rings. The van der Waals surface area contributed by atoms with Crippen LogP contribution in [0.2, 0.25) is 0 Å². The van der Waals surface area contributed by atoms with Gasteiger partial charge in [-0.15, -0.1) is 0 Å². The fraction of sp³-hybridized carbons (Fsp3) is 0.667. The zero-order valence-electron chi connectivity index (χ0n) is 48.8. The van der Waals surface area contributed by atoms with Crippen LogP contribution in [-0.4, -0.2) is 37.2 Å². The van der Waals surface area contributed by atoms with E-state index < -0.39 is 6.10 Å². The van der Waals surface area contributed by atoms with E-state index in [9.17, 15) is 14.4 Å². The van der Waals surface area contributed by atoms with Crippen molar-refractivity contribution in [3.63, 3.8) is 0 Å². The van der Waals surface area contributed by atoms with Gasteiger partial charge in [0.2, 0.25) is 0 Å². The van der Waals surface area contributed by atoms with Gasteiger partial charge in [0.25, 0.3) is 0 Å². The fourth-order valence-corrected chi connectivity index (χ4v) is 8.34. The highest BCUT2D eigenvalue weighted by molar-refractivity contribution is 5.71. The first kappa shape index (κ1) is 70.8. The predicted octanol–water partition coefficient (Wildman–Crippen LogP) is 21.2. The molecule has 0 spiro atoms. The summed E-state index contributed by atoms with van der Waals surface area (Å²) in [6.45, 7) is 6.36. The van der Waals surface area contributed by atoms with Gasteiger partial charge in [0.15, 0.2) is 6.10 Å². The smallest absolute Gasteiger partial charge is 0.306 e. The van der Waals surface area contributed by atoms with Gasteiger partial charge in [0.05, 0.1) is 0 Å². The Morgan fingerprint density at radius 1 is 0.280 bits per heavy atom. The van der Waals surface area contributed by atoms with E-state index in [1.54, 1.807) is 0 Å². The molecule has 0 aromatic heterocycles. The number of esters is 3. The van der Waals surface area contributed by atoms with Crippen molar-refractivity contribution in [2.45, 2.75) is 284 Å². The Balaban J connectivity index is 4.39. The highest BCUT2D eigenvalue weighted by Crippen LogP contribution is 2.15. The number of carbonyl (C=O) groups excluding carboxylic acids is 3. The highest BCUT2D eigenvalue weighted by atomic mass is 16.6. The number of carbonyl (C=O) groups is 3. The van der Waals surface area contributed by atoms with Crippen LogP contribution >= 0.6 is 0 Å². The van der Waals surface area contributed by atoms with Crippen LogP contribution in [0.15, 0.2) is 122 Å². The molecule has 426 valence electrons. The predicted molar refractivity (Wildman–Crippen MR) is 325 cm³/mol. The second kappa shape index (κ2) is 62.4. The van der Waals surface area contributed by atoms with Gasteiger partial charge in [-0.2, -0.15) is 0 Å². The molecule has 0 rings (SSSR count). The molecule has 0 aromatic carbocycles. The number of ether oxygens (including phenoxy) is 3. The summed E-state index contributed by atoms with van der Waals surface area (Å²) < 4.78 is 16.8. The van der Waals surface area contributed by atoms with Crippen LogP contribution in [0.1, 0.15) is 278 Å². The molecule has 0 aliphatic rings. The van der Waals surface area contributed by atoms with Crippen molar-refractivity contribution >= 4 is 17.9 Å². The lowest BCUT2D eigenvalue weighted by molar-refractivity contribution is -0.167. The number of hydrogen-bond donors (Lipinski definition) is 0. The minimum absolute atomic E-state index is 0.103. The lowest BCUT2D eigenvalue weighted by Crippen LogP contribution is -2.30. The summed E-state index contributed by atoms with van der Waals surface area (Å²) >= 11 is 0. The van der Waals surface area contributed by atoms with E-state index in [-0.39, 0.29) is 37.5 Å². The Morgan fingerprint density at radius 2 is 0.520 bits per heavy atom. The lowest BCUT2D eigenvalue weighted by atomic mass is 10.0. The summed E-state index contributed by atoms with van der Waals surface area (Å²) in [5.41, 5.74) is 0. The first-order valence-electron chi connectivity index (χ1n) is 31.0. The van der Waals surface area contributed by atoms with Gasteiger partial charge in [-0.1, -0.05) is 251 Å². The third kappa shape index (κ3) is 60.6. The summed E-state index contributed by atoms with van der Waals surface area (Å²) in [6.07, 6.45) is 86.4. The zero-order valence-corrected chi connectivity index (χ0v) is 48.8. The van der Waals surface area contributed by atoms with Gasteiger partial charge in [-0.05, 0) is 128 Å². The monoisotopic (exact) mass is 1040 g/mol. The van der Waals surface area contributed by atoms with Crippen LogP contribution in [0.5, 0.6) is 0 Å². The van der Waals surface area contributed by atoms with Crippen molar-refractivity contribution in [1.29, 1.82) is 0 Å². The molecular formula is C69H114O6. The molecule has 0 bridgehead atoms. The minimum atomic E-state index is -0.812. The first-order chi connectivity index (χ1) is 37.0. The number of unbranched alkanes of at least 4 members (excludes halogenated alkanes) is 24. The highest BCUT2D eigenvalue weighted by Gasteiger charge is 2.19. The lowest BCUT2D eigenvalue weighted by Gasteiger charge is -2.18. The molecule has 0 amide bonds. The molecule has 0 heterocycles. The molecule has 6 heteroatoms. The van der Waals surface area contributed by atoms with Gasteiger partial charge in [0, 0.05) is 19.3 Å². The maximum absolute atomic E-state index is 12.9. The quantitative estimate of drug-likeness (QED) is 0.0261. The Labute approximate surface area is 462 Å². The second-order valence-corrected chi connectivity index (χ2v) is 20.2. The van der Waals surface area contributed by atoms with Gasteiger partial charge in [-0.3, -0.25) is 14.4 Å². The van der Waals surface area contributed by atoms with E-state index in [2.05, 4.69) is 142 Å². The normalized spacial score (nSPS) is 12.9. The minimum Gasteiger partial charge on any atom is -0.462 e.